The van der Waals surface area contributed by atoms with Gasteiger partial charge in [-0.3, -0.25) is 4.79 Å². The van der Waals surface area contributed by atoms with Gasteiger partial charge in [0.05, 0.1) is 0 Å². The molecule has 1 unspecified atom stereocenters. The van der Waals surface area contributed by atoms with Gasteiger partial charge in [-0.15, -0.1) is 0 Å². The van der Waals surface area contributed by atoms with Crippen molar-refractivity contribution >= 4 is 5.78 Å². The Labute approximate surface area is 99.5 Å². The molecule has 0 aromatic heterocycles. The van der Waals surface area contributed by atoms with Crippen molar-refractivity contribution in [2.45, 2.75) is 52.4 Å². The number of carbonyl (C=O) groups excluding carboxylic acids is 1. The molecule has 0 fully saturated rings. The molecule has 2 nitrogen and oxygen atoms in total. The lowest BCUT2D eigenvalue weighted by Gasteiger charge is -2.15. The second-order valence-electron chi connectivity index (χ2n) is 4.76. The number of allylic oxidation sites excluding steroid dienone is 2. The van der Waals surface area contributed by atoms with Gasteiger partial charge in [0, 0.05) is 12.5 Å². The Morgan fingerprint density at radius 3 is 2.88 bits per heavy atom. The number of hydrogen-bond acceptors (Lipinski definition) is 2. The molecule has 0 radical (unpaired) electrons. The van der Waals surface area contributed by atoms with Crippen molar-refractivity contribution in [3.8, 4) is 0 Å². The third-order valence-electron chi connectivity index (χ3n) is 3.26. The molecule has 0 bridgehead atoms. The van der Waals surface area contributed by atoms with E-state index in [1.165, 1.54) is 25.7 Å². The van der Waals surface area contributed by atoms with E-state index in [0.29, 0.717) is 5.78 Å². The average molecular weight is 223 g/mol. The van der Waals surface area contributed by atoms with Gasteiger partial charge < -0.3 is 5.32 Å². The predicted octanol–water partition coefficient (Wildman–Crippen LogP) is 3.08. The molecule has 0 amide bonds. The molecular weight excluding hydrogens is 198 g/mol. The first-order valence-electron chi connectivity index (χ1n) is 6.69. The number of carbonyl (C=O) groups is 1. The van der Waals surface area contributed by atoms with Crippen LogP contribution in [0.5, 0.6) is 0 Å². The number of rotatable bonds is 5. The van der Waals surface area contributed by atoms with Crippen LogP contribution < -0.4 is 5.32 Å². The highest BCUT2D eigenvalue weighted by Gasteiger charge is 2.17. The summed E-state index contributed by atoms with van der Waals surface area (Å²) in [5.41, 5.74) is 1.09. The van der Waals surface area contributed by atoms with Crippen LogP contribution in [0, 0.1) is 5.92 Å². The molecule has 92 valence electrons. The van der Waals surface area contributed by atoms with E-state index in [9.17, 15) is 4.79 Å². The van der Waals surface area contributed by atoms with Gasteiger partial charge >= 0.3 is 0 Å². The van der Waals surface area contributed by atoms with Crippen LogP contribution in [0.25, 0.3) is 0 Å². The topological polar surface area (TPSA) is 29.1 Å². The largest absolute Gasteiger partial charge is 0.316 e. The maximum absolute atomic E-state index is 12.2. The minimum absolute atomic E-state index is 0.130. The summed E-state index contributed by atoms with van der Waals surface area (Å²) in [4.78, 5) is 12.2. The maximum atomic E-state index is 12.2. The fraction of sp³-hybridized carbons (Fsp3) is 0.786. The highest BCUT2D eigenvalue weighted by Crippen LogP contribution is 2.20. The summed E-state index contributed by atoms with van der Waals surface area (Å²) in [6.45, 7) is 5.86. The Balaban J connectivity index is 2.49. The molecule has 1 N–H and O–H groups in total. The monoisotopic (exact) mass is 223 g/mol. The first-order valence-corrected chi connectivity index (χ1v) is 6.69. The quantitative estimate of drug-likeness (QED) is 0.776. The standard InChI is InChI=1S/C14H25NO/c1-3-15-11-12(2)14(16)13-9-7-5-4-6-8-10-13/h9,12,15H,3-8,10-11H2,1-2H3. The van der Waals surface area contributed by atoms with E-state index in [1.807, 2.05) is 6.92 Å². The summed E-state index contributed by atoms with van der Waals surface area (Å²) in [5, 5.41) is 3.25. The van der Waals surface area contributed by atoms with E-state index in [1.54, 1.807) is 0 Å². The molecule has 1 aliphatic rings. The normalized spacial score (nSPS) is 19.5. The van der Waals surface area contributed by atoms with Gasteiger partial charge in [0.1, 0.15) is 0 Å². The Hall–Kier alpha value is -0.630. The summed E-state index contributed by atoms with van der Waals surface area (Å²) < 4.78 is 0. The van der Waals surface area contributed by atoms with E-state index >= 15 is 0 Å². The smallest absolute Gasteiger partial charge is 0.162 e. The van der Waals surface area contributed by atoms with Crippen LogP contribution >= 0.6 is 0 Å². The maximum Gasteiger partial charge on any atom is 0.162 e. The number of hydrogen-bond donors (Lipinski definition) is 1. The number of nitrogens with one attached hydrogen (secondary N) is 1. The van der Waals surface area contributed by atoms with E-state index in [0.717, 1.165) is 31.5 Å². The van der Waals surface area contributed by atoms with Gasteiger partial charge in [-0.1, -0.05) is 32.8 Å². The lowest BCUT2D eigenvalue weighted by atomic mass is 9.92. The zero-order valence-electron chi connectivity index (χ0n) is 10.7. The first-order chi connectivity index (χ1) is 7.75. The highest BCUT2D eigenvalue weighted by atomic mass is 16.1. The van der Waals surface area contributed by atoms with E-state index in [2.05, 4.69) is 18.3 Å². The zero-order valence-corrected chi connectivity index (χ0v) is 10.7. The molecule has 0 spiro atoms. The van der Waals surface area contributed by atoms with E-state index in [-0.39, 0.29) is 5.92 Å². The first kappa shape index (κ1) is 13.4. The molecule has 0 saturated carbocycles. The van der Waals surface area contributed by atoms with Gasteiger partial charge in [0.2, 0.25) is 0 Å². The molecular formula is C14H25NO. The predicted molar refractivity (Wildman–Crippen MR) is 68.5 cm³/mol. The Morgan fingerprint density at radius 1 is 1.38 bits per heavy atom. The van der Waals surface area contributed by atoms with Gasteiger partial charge in [0.25, 0.3) is 0 Å². The third kappa shape index (κ3) is 4.48. The molecule has 0 aromatic rings. The summed E-state index contributed by atoms with van der Waals surface area (Å²) in [5.74, 6) is 0.494. The van der Waals surface area contributed by atoms with Crippen LogP contribution in [0.2, 0.25) is 0 Å². The third-order valence-corrected chi connectivity index (χ3v) is 3.26. The van der Waals surface area contributed by atoms with E-state index < -0.39 is 0 Å². The van der Waals surface area contributed by atoms with Crippen molar-refractivity contribution in [1.82, 2.24) is 5.32 Å². The van der Waals surface area contributed by atoms with Crippen molar-refractivity contribution in [3.05, 3.63) is 11.6 Å². The summed E-state index contributed by atoms with van der Waals surface area (Å²) in [7, 11) is 0. The van der Waals surface area contributed by atoms with Gasteiger partial charge in [-0.25, -0.2) is 0 Å². The molecule has 0 aromatic carbocycles. The molecule has 1 atom stereocenters. The van der Waals surface area contributed by atoms with Crippen LogP contribution in [0.15, 0.2) is 11.6 Å². The Kier molecular flexibility index (Phi) is 6.39. The molecule has 0 saturated heterocycles. The minimum Gasteiger partial charge on any atom is -0.316 e. The van der Waals surface area contributed by atoms with Crippen molar-refractivity contribution in [3.63, 3.8) is 0 Å². The van der Waals surface area contributed by atoms with Crippen LogP contribution in [0.4, 0.5) is 0 Å². The molecule has 0 aliphatic heterocycles. The lowest BCUT2D eigenvalue weighted by Crippen LogP contribution is -2.27. The zero-order chi connectivity index (χ0) is 11.8. The average Bonchev–Trinajstić information content (AvgIpc) is 2.24. The molecule has 0 heterocycles. The summed E-state index contributed by atoms with van der Waals surface area (Å²) >= 11 is 0. The molecule has 16 heavy (non-hydrogen) atoms. The number of ketones is 1. The minimum atomic E-state index is 0.130. The summed E-state index contributed by atoms with van der Waals surface area (Å²) in [6, 6.07) is 0. The highest BCUT2D eigenvalue weighted by molar-refractivity contribution is 5.97. The SMILES string of the molecule is CCNCC(C)C(=O)C1=CCCCCCC1. The van der Waals surface area contributed by atoms with Crippen molar-refractivity contribution in [2.75, 3.05) is 13.1 Å². The lowest BCUT2D eigenvalue weighted by molar-refractivity contribution is -0.118. The molecule has 1 aliphatic carbocycles. The Morgan fingerprint density at radius 2 is 2.12 bits per heavy atom. The van der Waals surface area contributed by atoms with Crippen LogP contribution in [-0.4, -0.2) is 18.9 Å². The molecule has 2 heteroatoms. The van der Waals surface area contributed by atoms with Gasteiger partial charge in [-0.05, 0) is 37.8 Å². The van der Waals surface area contributed by atoms with Gasteiger partial charge in [0.15, 0.2) is 5.78 Å². The number of Topliss-reactive ketones (excluding diaryl/α,β-unsaturated/α-hetero) is 1. The van der Waals surface area contributed by atoms with Crippen molar-refractivity contribution < 1.29 is 4.79 Å². The van der Waals surface area contributed by atoms with Crippen LogP contribution in [0.1, 0.15) is 52.4 Å². The summed E-state index contributed by atoms with van der Waals surface area (Å²) in [6.07, 6.45) is 9.31. The van der Waals surface area contributed by atoms with E-state index in [4.69, 9.17) is 0 Å². The van der Waals surface area contributed by atoms with Crippen molar-refractivity contribution in [1.29, 1.82) is 0 Å². The van der Waals surface area contributed by atoms with Crippen LogP contribution in [0.3, 0.4) is 0 Å². The Bertz CT molecular complexity index is 245. The van der Waals surface area contributed by atoms with Crippen molar-refractivity contribution in [2.24, 2.45) is 5.92 Å². The second-order valence-corrected chi connectivity index (χ2v) is 4.76. The molecule has 1 rings (SSSR count). The second kappa shape index (κ2) is 7.61. The fourth-order valence-electron chi connectivity index (χ4n) is 2.19. The van der Waals surface area contributed by atoms with Gasteiger partial charge in [-0.2, -0.15) is 0 Å². The fourth-order valence-corrected chi connectivity index (χ4v) is 2.19. The van der Waals surface area contributed by atoms with Crippen LogP contribution in [-0.2, 0) is 4.79 Å².